The van der Waals surface area contributed by atoms with Crippen molar-refractivity contribution < 1.29 is 4.79 Å². The van der Waals surface area contributed by atoms with E-state index in [9.17, 15) is 4.79 Å². The monoisotopic (exact) mass is 320 g/mol. The molecule has 1 atom stereocenters. The van der Waals surface area contributed by atoms with Crippen molar-refractivity contribution in [1.29, 1.82) is 0 Å². The molecule has 22 heavy (non-hydrogen) atoms. The Kier molecular flexibility index (Phi) is 17.2. The molecule has 0 bridgehead atoms. The molecule has 0 radical (unpaired) electrons. The van der Waals surface area contributed by atoms with Gasteiger partial charge in [-0.15, -0.1) is 0 Å². The zero-order chi connectivity index (χ0) is 16.3. The third-order valence-electron chi connectivity index (χ3n) is 3.24. The number of aldehydes is 1. The van der Waals surface area contributed by atoms with Crippen molar-refractivity contribution in [2.45, 2.75) is 70.0 Å². The summed E-state index contributed by atoms with van der Waals surface area (Å²) in [4.78, 5) is 10.4. The number of unbranched alkanes of at least 4 members (excludes halogenated alkanes) is 3. The molecule has 0 unspecified atom stereocenters. The van der Waals surface area contributed by atoms with Crippen LogP contribution in [-0.2, 0) is 4.79 Å². The maximum absolute atomic E-state index is 10.4. The van der Waals surface area contributed by atoms with Crippen LogP contribution in [0.3, 0.4) is 0 Å². The number of carbonyl (C=O) groups excluding carboxylic acids is 1. The Balaban J connectivity index is 3.44. The van der Waals surface area contributed by atoms with Crippen LogP contribution in [0.15, 0.2) is 48.6 Å². The van der Waals surface area contributed by atoms with Crippen molar-refractivity contribution in [2.75, 3.05) is 0 Å². The molecule has 0 spiro atoms. The topological polar surface area (TPSA) is 17.1 Å². The molecule has 124 valence electrons. The van der Waals surface area contributed by atoms with Gasteiger partial charge in [0, 0.05) is 0 Å². The van der Waals surface area contributed by atoms with Crippen LogP contribution >= 0.6 is 12.6 Å². The predicted molar refractivity (Wildman–Crippen MR) is 103 cm³/mol. The second kappa shape index (κ2) is 18.0. The van der Waals surface area contributed by atoms with Crippen molar-refractivity contribution in [3.63, 3.8) is 0 Å². The fourth-order valence-corrected chi connectivity index (χ4v) is 2.05. The summed E-state index contributed by atoms with van der Waals surface area (Å²) in [6.45, 7) is 2.24. The molecule has 2 heteroatoms. The van der Waals surface area contributed by atoms with Crippen LogP contribution in [0.4, 0.5) is 0 Å². The van der Waals surface area contributed by atoms with Crippen LogP contribution in [-0.4, -0.2) is 11.5 Å². The summed E-state index contributed by atoms with van der Waals surface area (Å²) in [5.41, 5.74) is 0. The second-order valence-electron chi connectivity index (χ2n) is 5.37. The Morgan fingerprint density at radius 3 is 1.77 bits per heavy atom. The zero-order valence-corrected chi connectivity index (χ0v) is 14.9. The molecule has 0 saturated carbocycles. The average Bonchev–Trinajstić information content (AvgIpc) is 2.54. The Hall–Kier alpha value is -1.02. The second-order valence-corrected chi connectivity index (χ2v) is 6.03. The summed E-state index contributed by atoms with van der Waals surface area (Å²) in [6, 6.07) is 0. The molecule has 0 heterocycles. The maximum atomic E-state index is 10.4. The number of carbonyl (C=O) groups is 1. The van der Waals surface area contributed by atoms with Gasteiger partial charge in [0.15, 0.2) is 0 Å². The van der Waals surface area contributed by atoms with Crippen LogP contribution in [0.1, 0.15) is 64.7 Å². The lowest BCUT2D eigenvalue weighted by Crippen LogP contribution is -1.97. The van der Waals surface area contributed by atoms with Gasteiger partial charge in [0.25, 0.3) is 0 Å². The highest BCUT2D eigenvalue weighted by Gasteiger charge is 1.96. The molecule has 0 rings (SSSR count). The van der Waals surface area contributed by atoms with Crippen molar-refractivity contribution >= 4 is 18.9 Å². The van der Waals surface area contributed by atoms with Gasteiger partial charge in [-0.1, -0.05) is 68.4 Å². The van der Waals surface area contributed by atoms with Gasteiger partial charge >= 0.3 is 0 Å². The lowest BCUT2D eigenvalue weighted by atomic mass is 10.2. The van der Waals surface area contributed by atoms with Crippen molar-refractivity contribution in [3.05, 3.63) is 48.6 Å². The molecule has 0 aliphatic heterocycles. The molecule has 0 N–H and O–H groups in total. The van der Waals surface area contributed by atoms with Gasteiger partial charge in [-0.05, 0) is 44.9 Å². The Morgan fingerprint density at radius 1 is 0.773 bits per heavy atom. The van der Waals surface area contributed by atoms with Gasteiger partial charge in [0.2, 0.25) is 0 Å². The molecule has 0 aromatic carbocycles. The van der Waals surface area contributed by atoms with E-state index < -0.39 is 0 Å². The Morgan fingerprint density at radius 2 is 1.27 bits per heavy atom. The molecule has 0 aliphatic carbocycles. The molecule has 1 nitrogen and oxygen atoms in total. The van der Waals surface area contributed by atoms with E-state index in [2.05, 4.69) is 68.2 Å². The predicted octanol–water partition coefficient (Wildman–Crippen LogP) is 6.24. The number of rotatable bonds is 14. The molecular weight excluding hydrogens is 288 g/mol. The fourth-order valence-electron chi connectivity index (χ4n) is 1.90. The normalized spacial score (nSPS) is 13.9. The van der Waals surface area contributed by atoms with E-state index in [-0.39, 0.29) is 5.25 Å². The quantitative estimate of drug-likeness (QED) is 0.173. The number of thiol groups is 1. The van der Waals surface area contributed by atoms with E-state index in [0.29, 0.717) is 0 Å². The molecule has 0 fully saturated rings. The Bertz CT molecular complexity index is 353. The summed E-state index contributed by atoms with van der Waals surface area (Å²) in [5.74, 6) is 0. The average molecular weight is 321 g/mol. The van der Waals surface area contributed by atoms with Crippen LogP contribution in [0, 0.1) is 0 Å². The minimum absolute atomic E-state index is 0.119. The minimum atomic E-state index is -0.119. The van der Waals surface area contributed by atoms with Gasteiger partial charge in [-0.2, -0.15) is 12.6 Å². The summed E-state index contributed by atoms with van der Waals surface area (Å²) in [6.07, 6.45) is 28.4. The lowest BCUT2D eigenvalue weighted by molar-refractivity contribution is -0.107. The van der Waals surface area contributed by atoms with E-state index in [1.807, 2.05) is 0 Å². The van der Waals surface area contributed by atoms with E-state index in [1.54, 1.807) is 0 Å². The summed E-state index contributed by atoms with van der Waals surface area (Å²) >= 11 is 4.13. The molecule has 0 aliphatic rings. The van der Waals surface area contributed by atoms with Gasteiger partial charge in [-0.25, -0.2) is 0 Å². The first-order valence-corrected chi connectivity index (χ1v) is 9.06. The van der Waals surface area contributed by atoms with Crippen LogP contribution in [0.25, 0.3) is 0 Å². The fraction of sp³-hybridized carbons (Fsp3) is 0.550. The van der Waals surface area contributed by atoms with E-state index in [0.717, 1.165) is 38.4 Å². The van der Waals surface area contributed by atoms with Crippen molar-refractivity contribution in [2.24, 2.45) is 0 Å². The molecule has 0 aromatic heterocycles. The first kappa shape index (κ1) is 21.0. The number of allylic oxidation sites excluding steroid dienone is 8. The van der Waals surface area contributed by atoms with Crippen LogP contribution in [0.2, 0.25) is 0 Å². The SMILES string of the molecule is CCCCC/C=C/C/C=C/C/C=C/C/C=C/CC[C@@H](S)C=O. The van der Waals surface area contributed by atoms with Crippen molar-refractivity contribution in [3.8, 4) is 0 Å². The minimum Gasteiger partial charge on any atom is -0.302 e. The van der Waals surface area contributed by atoms with Gasteiger partial charge < -0.3 is 4.79 Å². The molecule has 0 aromatic rings. The third kappa shape index (κ3) is 17.0. The smallest absolute Gasteiger partial charge is 0.132 e. The third-order valence-corrected chi connectivity index (χ3v) is 3.62. The summed E-state index contributed by atoms with van der Waals surface area (Å²) in [7, 11) is 0. The molecule has 0 saturated heterocycles. The first-order valence-electron chi connectivity index (χ1n) is 8.54. The largest absolute Gasteiger partial charge is 0.302 e. The molecule has 0 amide bonds. The molecular formula is C20H32OS. The van der Waals surface area contributed by atoms with E-state index in [4.69, 9.17) is 0 Å². The lowest BCUT2D eigenvalue weighted by Gasteiger charge is -1.96. The Labute approximate surface area is 142 Å². The van der Waals surface area contributed by atoms with Gasteiger partial charge in [0.1, 0.15) is 6.29 Å². The highest BCUT2D eigenvalue weighted by atomic mass is 32.1. The number of hydrogen-bond donors (Lipinski definition) is 1. The summed E-state index contributed by atoms with van der Waals surface area (Å²) < 4.78 is 0. The maximum Gasteiger partial charge on any atom is 0.132 e. The van der Waals surface area contributed by atoms with Crippen LogP contribution in [0.5, 0.6) is 0 Å². The highest BCUT2D eigenvalue weighted by Crippen LogP contribution is 2.03. The zero-order valence-electron chi connectivity index (χ0n) is 14.0. The van der Waals surface area contributed by atoms with Crippen molar-refractivity contribution in [1.82, 2.24) is 0 Å². The standard InChI is InChI=1S/C20H32OS/c1-2-3-4-5-6-7-8-9-10-11-12-13-14-15-16-17-18-20(22)19-21/h6-7,9-10,12-13,15-16,19-20,22H,2-5,8,11,14,17-18H2,1H3/b7-6+,10-9+,13-12+,16-15+/t20-/m1/s1. The van der Waals surface area contributed by atoms with Gasteiger partial charge in [-0.3, -0.25) is 0 Å². The van der Waals surface area contributed by atoms with Gasteiger partial charge in [0.05, 0.1) is 5.25 Å². The van der Waals surface area contributed by atoms with Crippen LogP contribution < -0.4 is 0 Å². The first-order chi connectivity index (χ1) is 10.8. The van der Waals surface area contributed by atoms with E-state index >= 15 is 0 Å². The van der Waals surface area contributed by atoms with E-state index in [1.165, 1.54) is 25.7 Å². The summed E-state index contributed by atoms with van der Waals surface area (Å²) in [5, 5.41) is -0.119. The highest BCUT2D eigenvalue weighted by molar-refractivity contribution is 7.81. The number of hydrogen-bond acceptors (Lipinski definition) is 2.